The van der Waals surface area contributed by atoms with Gasteiger partial charge in [-0.2, -0.15) is 25.3 Å². The molecule has 0 heterocycles. The first-order valence-corrected chi connectivity index (χ1v) is 7.53. The molecular weight excluding hydrogens is 264 g/mol. The molecule has 0 aromatic heterocycles. The van der Waals surface area contributed by atoms with Crippen LogP contribution in [0.3, 0.4) is 0 Å². The van der Waals surface area contributed by atoms with Crippen LogP contribution in [0.4, 0.5) is 0 Å². The van der Waals surface area contributed by atoms with Crippen molar-refractivity contribution in [1.82, 2.24) is 0 Å². The van der Waals surface area contributed by atoms with E-state index in [2.05, 4.69) is 6.92 Å². The van der Waals surface area contributed by atoms with Crippen molar-refractivity contribution < 1.29 is 9.59 Å². The number of hydrogen-bond donors (Lipinski definition) is 2. The summed E-state index contributed by atoms with van der Waals surface area (Å²) in [5.74, 6) is 0.213. The van der Waals surface area contributed by atoms with Gasteiger partial charge in [0.15, 0.2) is 11.6 Å². The Bertz CT molecular complexity index is 452. The molecular formula is C14H20O2S2. The monoisotopic (exact) mass is 284 g/mol. The van der Waals surface area contributed by atoms with Gasteiger partial charge in [0.05, 0.1) is 5.41 Å². The molecule has 100 valence electrons. The minimum Gasteiger partial charge on any atom is -0.298 e. The third-order valence-corrected chi connectivity index (χ3v) is 8.28. The van der Waals surface area contributed by atoms with Gasteiger partial charge < -0.3 is 0 Å². The Hall–Kier alpha value is 0.0400. The third-order valence-electron chi connectivity index (χ3n) is 5.96. The van der Waals surface area contributed by atoms with Gasteiger partial charge in [-0.15, -0.1) is 0 Å². The highest BCUT2D eigenvalue weighted by Crippen LogP contribution is 2.72. The Labute approximate surface area is 119 Å². The summed E-state index contributed by atoms with van der Waals surface area (Å²) in [4.78, 5) is 25.5. The number of carbonyl (C=O) groups is 2. The lowest BCUT2D eigenvalue weighted by atomic mass is 9.35. The molecule has 4 rings (SSSR count). The van der Waals surface area contributed by atoms with Crippen LogP contribution in [0.15, 0.2) is 0 Å². The summed E-state index contributed by atoms with van der Waals surface area (Å²) in [7, 11) is 0. The molecule has 4 atom stereocenters. The van der Waals surface area contributed by atoms with Crippen molar-refractivity contribution in [1.29, 1.82) is 0 Å². The van der Waals surface area contributed by atoms with Gasteiger partial charge in [0.2, 0.25) is 0 Å². The van der Waals surface area contributed by atoms with Crippen LogP contribution >= 0.6 is 25.3 Å². The van der Waals surface area contributed by atoms with Crippen LogP contribution in [0.1, 0.15) is 40.5 Å². The summed E-state index contributed by atoms with van der Waals surface area (Å²) in [5, 5.41) is -0.0106. The lowest BCUT2D eigenvalue weighted by molar-refractivity contribution is -0.187. The lowest BCUT2D eigenvalue weighted by Gasteiger charge is -2.70. The van der Waals surface area contributed by atoms with Crippen molar-refractivity contribution in [3.63, 3.8) is 0 Å². The van der Waals surface area contributed by atoms with Gasteiger partial charge in [-0.3, -0.25) is 9.59 Å². The molecule has 0 aliphatic heterocycles. The quantitative estimate of drug-likeness (QED) is 0.529. The van der Waals surface area contributed by atoms with E-state index in [0.717, 1.165) is 0 Å². The van der Waals surface area contributed by atoms with E-state index in [-0.39, 0.29) is 27.5 Å². The van der Waals surface area contributed by atoms with Crippen LogP contribution in [0.25, 0.3) is 0 Å². The first kappa shape index (κ1) is 13.0. The topological polar surface area (TPSA) is 34.1 Å². The second-order valence-corrected chi connectivity index (χ2v) is 8.52. The maximum absolute atomic E-state index is 12.7. The van der Waals surface area contributed by atoms with Crippen molar-refractivity contribution in [2.45, 2.75) is 51.0 Å². The molecule has 18 heavy (non-hydrogen) atoms. The average molecular weight is 284 g/mol. The number of Topliss-reactive ketones (excluding diaryl/α,β-unsaturated/α-hetero) is 2. The minimum atomic E-state index is -0.811. The molecule has 0 aromatic rings. The molecule has 0 N–H and O–H groups in total. The average Bonchev–Trinajstić information content (AvgIpc) is 2.29. The zero-order chi connectivity index (χ0) is 13.7. The Morgan fingerprint density at radius 3 is 1.67 bits per heavy atom. The molecule has 0 radical (unpaired) electrons. The second-order valence-electron chi connectivity index (χ2n) is 7.49. The molecule has 4 bridgehead atoms. The highest BCUT2D eigenvalue weighted by atomic mass is 32.1. The normalized spacial score (nSPS) is 62.6. The second kappa shape index (κ2) is 3.03. The fraction of sp³-hybridized carbons (Fsp3) is 0.857. The molecule has 2 nitrogen and oxygen atoms in total. The predicted octanol–water partition coefficient (Wildman–Crippen LogP) is 2.57. The summed E-state index contributed by atoms with van der Waals surface area (Å²) in [6, 6.07) is 0. The number of rotatable bonds is 0. The Balaban J connectivity index is 2.31. The highest BCUT2D eigenvalue weighted by molar-refractivity contribution is 7.82. The zero-order valence-electron chi connectivity index (χ0n) is 11.3. The van der Waals surface area contributed by atoms with Crippen molar-refractivity contribution >= 4 is 36.8 Å². The molecule has 0 spiro atoms. The first-order valence-electron chi connectivity index (χ1n) is 6.49. The summed E-state index contributed by atoms with van der Waals surface area (Å²) in [6.45, 7) is 7.97. The van der Waals surface area contributed by atoms with Crippen molar-refractivity contribution in [2.75, 3.05) is 0 Å². The van der Waals surface area contributed by atoms with Crippen LogP contribution < -0.4 is 0 Å². The molecule has 0 saturated heterocycles. The maximum Gasteiger partial charge on any atom is 0.153 e. The Morgan fingerprint density at radius 2 is 1.28 bits per heavy atom. The maximum atomic E-state index is 12.7. The standard InChI is InChI=1S/C14H20O2S2/c1-11-5-14(4)9(17)12(2,7(11)15)6-13(3,8(11)16)10(14)18/h9-10,17-18H,5-6H2,1-4H3. The van der Waals surface area contributed by atoms with E-state index in [4.69, 9.17) is 25.3 Å². The number of carbonyl (C=O) groups excluding carboxylic acids is 2. The van der Waals surface area contributed by atoms with E-state index in [1.165, 1.54) is 0 Å². The SMILES string of the molecule is CC12CC3(C)C(S)C(C)(CC(C)(C1=O)C3S)C2=O. The highest BCUT2D eigenvalue weighted by Gasteiger charge is 2.77. The molecule has 4 saturated carbocycles. The smallest absolute Gasteiger partial charge is 0.153 e. The summed E-state index contributed by atoms with van der Waals surface area (Å²) in [6.07, 6.45) is 1.20. The number of hydrogen-bond acceptors (Lipinski definition) is 4. The van der Waals surface area contributed by atoms with Crippen LogP contribution in [0.2, 0.25) is 0 Å². The van der Waals surface area contributed by atoms with Crippen LogP contribution in [0, 0.1) is 21.7 Å². The zero-order valence-corrected chi connectivity index (χ0v) is 13.1. The molecule has 4 aliphatic carbocycles. The van der Waals surface area contributed by atoms with Gasteiger partial charge in [-0.1, -0.05) is 20.8 Å². The lowest BCUT2D eigenvalue weighted by Crippen LogP contribution is -2.77. The van der Waals surface area contributed by atoms with Gasteiger partial charge in [0.25, 0.3) is 0 Å². The summed E-state index contributed by atoms with van der Waals surface area (Å²) < 4.78 is 0. The Kier molecular flexibility index (Phi) is 2.20. The fourth-order valence-electron chi connectivity index (χ4n) is 5.45. The van der Waals surface area contributed by atoms with Gasteiger partial charge in [-0.05, 0) is 25.2 Å². The number of ketones is 2. The van der Waals surface area contributed by atoms with Gasteiger partial charge >= 0.3 is 0 Å². The molecule has 0 aromatic carbocycles. The van der Waals surface area contributed by atoms with E-state index in [0.29, 0.717) is 12.8 Å². The number of thiol groups is 2. The van der Waals surface area contributed by atoms with Crippen LogP contribution in [-0.2, 0) is 9.59 Å². The molecule has 4 fully saturated rings. The Morgan fingerprint density at radius 1 is 0.889 bits per heavy atom. The predicted molar refractivity (Wildman–Crippen MR) is 77.2 cm³/mol. The third kappa shape index (κ3) is 1.01. The van der Waals surface area contributed by atoms with Crippen molar-refractivity contribution in [3.05, 3.63) is 0 Å². The summed E-state index contributed by atoms with van der Waals surface area (Å²) >= 11 is 9.51. The van der Waals surface area contributed by atoms with E-state index in [9.17, 15) is 9.59 Å². The van der Waals surface area contributed by atoms with E-state index < -0.39 is 16.2 Å². The molecule has 4 unspecified atom stereocenters. The van der Waals surface area contributed by atoms with Gasteiger partial charge in [0.1, 0.15) is 0 Å². The summed E-state index contributed by atoms with van der Waals surface area (Å²) in [5.41, 5.74) is -1.92. The van der Waals surface area contributed by atoms with E-state index in [1.54, 1.807) is 0 Å². The van der Waals surface area contributed by atoms with E-state index >= 15 is 0 Å². The van der Waals surface area contributed by atoms with Crippen LogP contribution in [0.5, 0.6) is 0 Å². The van der Waals surface area contributed by atoms with Gasteiger partial charge in [-0.25, -0.2) is 0 Å². The van der Waals surface area contributed by atoms with Crippen LogP contribution in [-0.4, -0.2) is 22.1 Å². The van der Waals surface area contributed by atoms with Gasteiger partial charge in [0, 0.05) is 21.3 Å². The molecule has 4 heteroatoms. The largest absolute Gasteiger partial charge is 0.298 e. The minimum absolute atomic E-state index is 0.00532. The molecule has 0 amide bonds. The first-order chi connectivity index (χ1) is 8.03. The molecule has 4 aliphatic rings. The van der Waals surface area contributed by atoms with E-state index in [1.807, 2.05) is 20.8 Å². The van der Waals surface area contributed by atoms with Crippen molar-refractivity contribution in [3.8, 4) is 0 Å². The van der Waals surface area contributed by atoms with Crippen molar-refractivity contribution in [2.24, 2.45) is 21.7 Å². The fourth-order valence-corrected chi connectivity index (χ4v) is 6.46.